The Morgan fingerprint density at radius 2 is 1.74 bits per heavy atom. The lowest BCUT2D eigenvalue weighted by molar-refractivity contribution is -0.158. The topological polar surface area (TPSA) is 99.1 Å². The van der Waals surface area contributed by atoms with E-state index in [9.17, 15) is 19.6 Å². The quantitative estimate of drug-likeness (QED) is 0.475. The molecule has 6 nitrogen and oxygen atoms in total. The highest BCUT2D eigenvalue weighted by molar-refractivity contribution is 6.02. The summed E-state index contributed by atoms with van der Waals surface area (Å²) in [6.07, 6.45) is 10.2. The summed E-state index contributed by atoms with van der Waals surface area (Å²) in [7, 11) is 0. The van der Waals surface area contributed by atoms with Gasteiger partial charge in [0, 0.05) is 29.3 Å². The predicted octanol–water partition coefficient (Wildman–Crippen LogP) is 5.89. The number of urea groups is 1. The molecule has 2 N–H and O–H groups in total. The van der Waals surface area contributed by atoms with Crippen LogP contribution in [0, 0.1) is 56.7 Å². The van der Waals surface area contributed by atoms with Crippen LogP contribution in [0.25, 0.3) is 0 Å². The molecule has 0 heterocycles. The molecule has 206 valence electrons. The third-order valence-electron chi connectivity index (χ3n) is 12.2. The molecule has 5 rings (SSSR count). The monoisotopic (exact) mass is 519 g/mol. The van der Waals surface area contributed by atoms with Crippen molar-refractivity contribution in [2.75, 3.05) is 6.54 Å². The van der Waals surface area contributed by atoms with Crippen LogP contribution >= 0.6 is 0 Å². The zero-order chi connectivity index (χ0) is 27.9. The summed E-state index contributed by atoms with van der Waals surface area (Å²) < 4.78 is 0. The number of hydrogen-bond donors (Lipinski definition) is 2. The van der Waals surface area contributed by atoms with Gasteiger partial charge in [0.2, 0.25) is 0 Å². The van der Waals surface area contributed by atoms with Gasteiger partial charge in [0.15, 0.2) is 11.6 Å². The van der Waals surface area contributed by atoms with Crippen molar-refractivity contribution in [2.24, 2.45) is 45.3 Å². The standard InChI is InChI=1S/C32H45N3O3/c1-8-34-27(38)35-32-13-11-28(3,4)17-22(32)25-23(36)15-24-29(5)16-20(18-33)26(37)19(2)21(29)9-10-30(24,6)31(25,7)12-14-32/h15-16,19,21-22,25H,8-14,17H2,1-7H3,(H2,34,35,38)/t19-,21-,22+,25?,29-,30+,31+,32-/m0/s1. The van der Waals surface area contributed by atoms with Crippen LogP contribution in [-0.4, -0.2) is 29.7 Å². The summed E-state index contributed by atoms with van der Waals surface area (Å²) >= 11 is 0. The fourth-order valence-electron chi connectivity index (χ4n) is 9.90. The van der Waals surface area contributed by atoms with E-state index in [0.717, 1.165) is 50.5 Å². The number of hydrogen-bond acceptors (Lipinski definition) is 4. The molecule has 5 aliphatic carbocycles. The molecule has 0 aromatic heterocycles. The Bertz CT molecular complexity index is 1190. The van der Waals surface area contributed by atoms with Gasteiger partial charge in [-0.25, -0.2) is 4.79 Å². The average Bonchev–Trinajstić information content (AvgIpc) is 2.84. The molecule has 1 unspecified atom stereocenters. The van der Waals surface area contributed by atoms with Crippen molar-refractivity contribution in [1.82, 2.24) is 10.6 Å². The van der Waals surface area contributed by atoms with Crippen molar-refractivity contribution in [3.63, 3.8) is 0 Å². The van der Waals surface area contributed by atoms with Gasteiger partial charge in [-0.1, -0.05) is 53.2 Å². The molecular formula is C32H45N3O3. The summed E-state index contributed by atoms with van der Waals surface area (Å²) in [5, 5.41) is 16.1. The minimum absolute atomic E-state index is 0.0614. The van der Waals surface area contributed by atoms with Crippen molar-refractivity contribution >= 4 is 17.6 Å². The van der Waals surface area contributed by atoms with Crippen LogP contribution in [0.4, 0.5) is 4.79 Å². The van der Waals surface area contributed by atoms with Crippen LogP contribution in [0.2, 0.25) is 0 Å². The maximum atomic E-state index is 14.4. The van der Waals surface area contributed by atoms with Gasteiger partial charge in [-0.2, -0.15) is 5.26 Å². The smallest absolute Gasteiger partial charge is 0.315 e. The van der Waals surface area contributed by atoms with Crippen LogP contribution in [0.15, 0.2) is 23.3 Å². The fourth-order valence-corrected chi connectivity index (χ4v) is 9.90. The summed E-state index contributed by atoms with van der Waals surface area (Å²) in [6, 6.07) is 2.03. The second kappa shape index (κ2) is 8.54. The van der Waals surface area contributed by atoms with Gasteiger partial charge in [-0.05, 0) is 86.0 Å². The Labute approximate surface area is 228 Å². The van der Waals surface area contributed by atoms with Crippen molar-refractivity contribution in [1.29, 1.82) is 5.26 Å². The van der Waals surface area contributed by atoms with Crippen molar-refractivity contribution in [2.45, 2.75) is 99.0 Å². The molecule has 5 aliphatic rings. The number of nitrogens with one attached hydrogen (secondary N) is 2. The number of rotatable bonds is 2. The molecule has 3 saturated carbocycles. The first kappa shape index (κ1) is 27.2. The number of Topliss-reactive ketones (excluding diaryl/α,β-unsaturated/α-hetero) is 1. The largest absolute Gasteiger partial charge is 0.338 e. The summed E-state index contributed by atoms with van der Waals surface area (Å²) in [5.74, 6) is -0.136. The minimum Gasteiger partial charge on any atom is -0.338 e. The number of carbonyl (C=O) groups excluding carboxylic acids is 3. The van der Waals surface area contributed by atoms with Gasteiger partial charge in [0.1, 0.15) is 6.07 Å². The third-order valence-corrected chi connectivity index (χ3v) is 12.2. The van der Waals surface area contributed by atoms with Crippen LogP contribution in [0.1, 0.15) is 93.4 Å². The van der Waals surface area contributed by atoms with E-state index in [1.165, 1.54) is 0 Å². The summed E-state index contributed by atoms with van der Waals surface area (Å²) in [6.45, 7) is 15.9. The molecule has 0 aliphatic heterocycles. The molecule has 2 amide bonds. The third kappa shape index (κ3) is 3.52. The molecule has 38 heavy (non-hydrogen) atoms. The van der Waals surface area contributed by atoms with Gasteiger partial charge >= 0.3 is 6.03 Å². The Morgan fingerprint density at radius 1 is 1.05 bits per heavy atom. The molecule has 3 fully saturated rings. The Hall–Kier alpha value is -2.42. The first-order valence-corrected chi connectivity index (χ1v) is 14.7. The van der Waals surface area contributed by atoms with E-state index in [0.29, 0.717) is 6.54 Å². The number of allylic oxidation sites excluding steroid dienone is 4. The number of fused-ring (bicyclic) bond motifs is 7. The average molecular weight is 520 g/mol. The van der Waals surface area contributed by atoms with E-state index in [4.69, 9.17) is 0 Å². The molecular weight excluding hydrogens is 474 g/mol. The number of nitriles is 1. The van der Waals surface area contributed by atoms with Gasteiger partial charge in [0.05, 0.1) is 5.57 Å². The van der Waals surface area contributed by atoms with E-state index >= 15 is 0 Å². The predicted molar refractivity (Wildman–Crippen MR) is 147 cm³/mol. The molecule has 6 heteroatoms. The lowest BCUT2D eigenvalue weighted by Crippen LogP contribution is -2.70. The van der Waals surface area contributed by atoms with Crippen LogP contribution in [-0.2, 0) is 9.59 Å². The van der Waals surface area contributed by atoms with Crippen molar-refractivity contribution < 1.29 is 14.4 Å². The van der Waals surface area contributed by atoms with Crippen molar-refractivity contribution in [3.8, 4) is 6.07 Å². The number of amides is 2. The zero-order valence-electron chi connectivity index (χ0n) is 24.3. The fraction of sp³-hybridized carbons (Fsp3) is 0.750. The lowest BCUT2D eigenvalue weighted by Gasteiger charge is -2.68. The molecule has 0 aromatic rings. The first-order chi connectivity index (χ1) is 17.7. The van der Waals surface area contributed by atoms with E-state index in [-0.39, 0.29) is 68.6 Å². The molecule has 0 spiro atoms. The van der Waals surface area contributed by atoms with E-state index in [1.54, 1.807) is 0 Å². The highest BCUT2D eigenvalue weighted by Gasteiger charge is 2.69. The zero-order valence-corrected chi connectivity index (χ0v) is 24.3. The maximum absolute atomic E-state index is 14.4. The second-order valence-corrected chi connectivity index (χ2v) is 14.6. The summed E-state index contributed by atoms with van der Waals surface area (Å²) in [4.78, 5) is 40.2. The summed E-state index contributed by atoms with van der Waals surface area (Å²) in [5.41, 5.74) is 0.102. The van der Waals surface area contributed by atoms with Crippen molar-refractivity contribution in [3.05, 3.63) is 23.3 Å². The first-order valence-electron chi connectivity index (χ1n) is 14.7. The Kier molecular flexibility index (Phi) is 6.10. The molecule has 0 radical (unpaired) electrons. The molecule has 8 atom stereocenters. The van der Waals surface area contributed by atoms with E-state index in [1.807, 2.05) is 26.0 Å². The number of carbonyl (C=O) groups is 3. The highest BCUT2D eigenvalue weighted by Crippen LogP contribution is 2.72. The van der Waals surface area contributed by atoms with Gasteiger partial charge in [-0.3, -0.25) is 9.59 Å². The normalized spacial score (nSPS) is 45.2. The molecule has 0 bridgehead atoms. The Balaban J connectivity index is 1.64. The minimum atomic E-state index is -0.491. The molecule has 0 saturated heterocycles. The van der Waals surface area contributed by atoms with E-state index < -0.39 is 5.41 Å². The van der Waals surface area contributed by atoms with Crippen LogP contribution in [0.5, 0.6) is 0 Å². The van der Waals surface area contributed by atoms with Crippen LogP contribution < -0.4 is 10.6 Å². The Morgan fingerprint density at radius 3 is 2.39 bits per heavy atom. The van der Waals surface area contributed by atoms with E-state index in [2.05, 4.69) is 51.3 Å². The van der Waals surface area contributed by atoms with Gasteiger partial charge < -0.3 is 10.6 Å². The van der Waals surface area contributed by atoms with Crippen LogP contribution in [0.3, 0.4) is 0 Å². The lowest BCUT2D eigenvalue weighted by atomic mass is 9.36. The number of ketones is 2. The van der Waals surface area contributed by atoms with Gasteiger partial charge in [-0.15, -0.1) is 0 Å². The highest BCUT2D eigenvalue weighted by atomic mass is 16.2. The van der Waals surface area contributed by atoms with Gasteiger partial charge in [0.25, 0.3) is 0 Å². The second-order valence-electron chi connectivity index (χ2n) is 14.6. The molecule has 0 aromatic carbocycles. The SMILES string of the molecule is CCNC(=O)N[C@]12CCC(C)(C)C[C@@H]1C1C(=O)C=C3[C@@]4(C)C=C(C#N)C(=O)[C@@H](C)[C@@H]4CC[C@@]3(C)[C@]1(C)CC2. The number of nitrogens with zero attached hydrogens (tertiary/aromatic N) is 1. The maximum Gasteiger partial charge on any atom is 0.315 e.